The van der Waals surface area contributed by atoms with Crippen molar-refractivity contribution in [3.63, 3.8) is 0 Å². The standard InChI is InChI=1S/C18H16ClNO3/c1-10-14(19)4-3-5-15(10)20-9-12-8-17(22)23-18-11(2)16(21)7-6-13(12)18/h3-8,20-21H,9H2,1-2H3. The van der Waals surface area contributed by atoms with Crippen LogP contribution in [0.2, 0.25) is 5.02 Å². The maximum absolute atomic E-state index is 11.8. The molecule has 0 unspecified atom stereocenters. The minimum atomic E-state index is -0.439. The van der Waals surface area contributed by atoms with Crippen molar-refractivity contribution in [2.24, 2.45) is 0 Å². The smallest absolute Gasteiger partial charge is 0.336 e. The minimum absolute atomic E-state index is 0.108. The lowest BCUT2D eigenvalue weighted by Crippen LogP contribution is -2.07. The Hall–Kier alpha value is -2.46. The zero-order chi connectivity index (χ0) is 16.6. The Balaban J connectivity index is 2.02. The van der Waals surface area contributed by atoms with Gasteiger partial charge in [0.1, 0.15) is 11.3 Å². The van der Waals surface area contributed by atoms with Gasteiger partial charge in [0.2, 0.25) is 0 Å². The molecule has 2 N–H and O–H groups in total. The molecular formula is C18H16ClNO3. The number of fused-ring (bicyclic) bond motifs is 1. The minimum Gasteiger partial charge on any atom is -0.508 e. The van der Waals surface area contributed by atoms with Gasteiger partial charge in [0.05, 0.1) is 0 Å². The van der Waals surface area contributed by atoms with Crippen LogP contribution in [0.15, 0.2) is 45.6 Å². The van der Waals surface area contributed by atoms with Gasteiger partial charge in [0, 0.05) is 34.3 Å². The third kappa shape index (κ3) is 2.90. The summed E-state index contributed by atoms with van der Waals surface area (Å²) < 4.78 is 5.24. The molecule has 0 saturated heterocycles. The largest absolute Gasteiger partial charge is 0.508 e. The molecule has 4 nitrogen and oxygen atoms in total. The van der Waals surface area contributed by atoms with E-state index < -0.39 is 5.63 Å². The van der Waals surface area contributed by atoms with Gasteiger partial charge in [-0.05, 0) is 49.2 Å². The van der Waals surface area contributed by atoms with Gasteiger partial charge in [0.25, 0.3) is 0 Å². The summed E-state index contributed by atoms with van der Waals surface area (Å²) in [5.41, 5.74) is 3.20. The van der Waals surface area contributed by atoms with Crippen molar-refractivity contribution >= 4 is 28.3 Å². The number of halogens is 1. The van der Waals surface area contributed by atoms with Crippen LogP contribution < -0.4 is 10.9 Å². The highest BCUT2D eigenvalue weighted by molar-refractivity contribution is 6.31. The van der Waals surface area contributed by atoms with Crippen LogP contribution in [0.3, 0.4) is 0 Å². The van der Waals surface area contributed by atoms with Crippen molar-refractivity contribution < 1.29 is 9.52 Å². The molecule has 1 heterocycles. The molecule has 3 rings (SSSR count). The van der Waals surface area contributed by atoms with Crippen LogP contribution in [-0.4, -0.2) is 5.11 Å². The number of hydrogen-bond acceptors (Lipinski definition) is 4. The number of hydrogen-bond donors (Lipinski definition) is 2. The molecule has 0 radical (unpaired) electrons. The number of nitrogens with one attached hydrogen (secondary N) is 1. The highest BCUT2D eigenvalue weighted by Crippen LogP contribution is 2.28. The number of rotatable bonds is 3. The average Bonchev–Trinajstić information content (AvgIpc) is 2.52. The third-order valence-electron chi connectivity index (χ3n) is 3.95. The summed E-state index contributed by atoms with van der Waals surface area (Å²) in [5.74, 6) is 0.108. The number of aromatic hydroxyl groups is 1. The number of aryl methyl sites for hydroxylation is 1. The fraction of sp³-hybridized carbons (Fsp3) is 0.167. The molecule has 1 aromatic heterocycles. The lowest BCUT2D eigenvalue weighted by atomic mass is 10.1. The normalized spacial score (nSPS) is 10.9. The Morgan fingerprint density at radius 2 is 1.96 bits per heavy atom. The summed E-state index contributed by atoms with van der Waals surface area (Å²) in [6, 6.07) is 10.5. The molecule has 0 aliphatic rings. The van der Waals surface area contributed by atoms with Gasteiger partial charge in [-0.1, -0.05) is 17.7 Å². The van der Waals surface area contributed by atoms with E-state index in [1.165, 1.54) is 6.07 Å². The Bertz CT molecular complexity index is 947. The topological polar surface area (TPSA) is 62.5 Å². The summed E-state index contributed by atoms with van der Waals surface area (Å²) in [4.78, 5) is 11.8. The van der Waals surface area contributed by atoms with Crippen LogP contribution in [0, 0.1) is 13.8 Å². The molecule has 0 atom stereocenters. The number of anilines is 1. The molecule has 0 fully saturated rings. The summed E-state index contributed by atoms with van der Waals surface area (Å²) in [6.45, 7) is 4.11. The van der Waals surface area contributed by atoms with Gasteiger partial charge in [-0.3, -0.25) is 0 Å². The van der Waals surface area contributed by atoms with Crippen molar-refractivity contribution in [1.29, 1.82) is 0 Å². The van der Waals surface area contributed by atoms with Crippen molar-refractivity contribution in [3.8, 4) is 5.75 Å². The third-order valence-corrected chi connectivity index (χ3v) is 4.36. The molecule has 3 aromatic rings. The lowest BCUT2D eigenvalue weighted by molar-refractivity contribution is 0.468. The van der Waals surface area contributed by atoms with E-state index in [1.54, 1.807) is 19.1 Å². The second kappa shape index (κ2) is 5.97. The molecule has 0 aliphatic carbocycles. The van der Waals surface area contributed by atoms with Gasteiger partial charge in [-0.2, -0.15) is 0 Å². The van der Waals surface area contributed by atoms with Crippen LogP contribution >= 0.6 is 11.6 Å². The van der Waals surface area contributed by atoms with E-state index in [9.17, 15) is 9.90 Å². The fourth-order valence-corrected chi connectivity index (χ4v) is 2.73. The molecule has 118 valence electrons. The van der Waals surface area contributed by atoms with E-state index in [0.29, 0.717) is 22.7 Å². The van der Waals surface area contributed by atoms with Crippen LogP contribution in [0.5, 0.6) is 5.75 Å². The Labute approximate surface area is 138 Å². The average molecular weight is 330 g/mol. The maximum atomic E-state index is 11.8. The van der Waals surface area contributed by atoms with Crippen molar-refractivity contribution in [2.75, 3.05) is 5.32 Å². The predicted octanol–water partition coefficient (Wildman–Crippen LogP) is 4.38. The highest BCUT2D eigenvalue weighted by atomic mass is 35.5. The molecule has 0 spiro atoms. The zero-order valence-electron chi connectivity index (χ0n) is 12.8. The first-order chi connectivity index (χ1) is 11.0. The van der Waals surface area contributed by atoms with Crippen LogP contribution in [0.25, 0.3) is 11.0 Å². The van der Waals surface area contributed by atoms with Gasteiger partial charge >= 0.3 is 5.63 Å². The van der Waals surface area contributed by atoms with Crippen molar-refractivity contribution in [1.82, 2.24) is 0 Å². The van der Waals surface area contributed by atoms with E-state index >= 15 is 0 Å². The first-order valence-electron chi connectivity index (χ1n) is 7.21. The molecular weight excluding hydrogens is 314 g/mol. The lowest BCUT2D eigenvalue weighted by Gasteiger charge is -2.12. The first-order valence-corrected chi connectivity index (χ1v) is 7.59. The Morgan fingerprint density at radius 3 is 2.74 bits per heavy atom. The SMILES string of the molecule is Cc1c(Cl)cccc1NCc1cc(=O)oc2c(C)c(O)ccc12. The molecule has 0 bridgehead atoms. The zero-order valence-corrected chi connectivity index (χ0v) is 13.6. The molecule has 0 amide bonds. The van der Waals surface area contributed by atoms with Gasteiger partial charge in [0.15, 0.2) is 0 Å². The molecule has 2 aromatic carbocycles. The molecule has 0 aliphatic heterocycles. The second-order valence-electron chi connectivity index (χ2n) is 5.44. The summed E-state index contributed by atoms with van der Waals surface area (Å²) in [7, 11) is 0. The molecule has 5 heteroatoms. The van der Waals surface area contributed by atoms with Crippen LogP contribution in [0.1, 0.15) is 16.7 Å². The van der Waals surface area contributed by atoms with E-state index in [-0.39, 0.29) is 5.75 Å². The van der Waals surface area contributed by atoms with Gasteiger partial charge in [-0.25, -0.2) is 4.79 Å². The highest BCUT2D eigenvalue weighted by Gasteiger charge is 2.11. The predicted molar refractivity (Wildman–Crippen MR) is 92.4 cm³/mol. The van der Waals surface area contributed by atoms with E-state index in [2.05, 4.69) is 5.32 Å². The van der Waals surface area contributed by atoms with E-state index in [1.807, 2.05) is 25.1 Å². The monoisotopic (exact) mass is 329 g/mol. The van der Waals surface area contributed by atoms with E-state index in [4.69, 9.17) is 16.0 Å². The van der Waals surface area contributed by atoms with Gasteiger partial charge in [-0.15, -0.1) is 0 Å². The summed E-state index contributed by atoms with van der Waals surface area (Å²) >= 11 is 6.12. The number of phenolic OH excluding ortho intramolecular Hbond substituents is 1. The van der Waals surface area contributed by atoms with Crippen LogP contribution in [0.4, 0.5) is 5.69 Å². The fourth-order valence-electron chi connectivity index (χ4n) is 2.55. The van der Waals surface area contributed by atoms with E-state index in [0.717, 1.165) is 22.2 Å². The summed E-state index contributed by atoms with van der Waals surface area (Å²) in [6.07, 6.45) is 0. The molecule has 0 saturated carbocycles. The van der Waals surface area contributed by atoms with Crippen LogP contribution in [-0.2, 0) is 6.54 Å². The summed E-state index contributed by atoms with van der Waals surface area (Å²) in [5, 5.41) is 14.6. The van der Waals surface area contributed by atoms with Crippen molar-refractivity contribution in [2.45, 2.75) is 20.4 Å². The quantitative estimate of drug-likeness (QED) is 0.700. The first kappa shape index (κ1) is 15.4. The number of benzene rings is 2. The van der Waals surface area contributed by atoms with Crippen molar-refractivity contribution in [3.05, 3.63) is 68.5 Å². The number of phenols is 1. The maximum Gasteiger partial charge on any atom is 0.336 e. The van der Waals surface area contributed by atoms with Gasteiger partial charge < -0.3 is 14.8 Å². The Kier molecular flexibility index (Phi) is 4.01. The second-order valence-corrected chi connectivity index (χ2v) is 5.85. The molecule has 23 heavy (non-hydrogen) atoms. The Morgan fingerprint density at radius 1 is 1.17 bits per heavy atom.